The fraction of sp³-hybridized carbons (Fsp3) is 0.0556. The Hall–Kier alpha value is -3.05. The van der Waals surface area contributed by atoms with Crippen molar-refractivity contribution in [2.24, 2.45) is 0 Å². The van der Waals surface area contributed by atoms with Crippen LogP contribution in [0.5, 0.6) is 0 Å². The SMILES string of the molecule is Nc1nc(SCC(=O)Nc2cc(F)ccc2F)ncc1S(=O)(=O)c1ccccc1. The van der Waals surface area contributed by atoms with Crippen LogP contribution < -0.4 is 11.1 Å². The van der Waals surface area contributed by atoms with Gasteiger partial charge in [-0.05, 0) is 24.3 Å². The number of hydrogen-bond donors (Lipinski definition) is 2. The van der Waals surface area contributed by atoms with Crippen LogP contribution in [0.15, 0.2) is 69.7 Å². The minimum atomic E-state index is -3.88. The van der Waals surface area contributed by atoms with Crippen molar-refractivity contribution in [1.29, 1.82) is 0 Å². The summed E-state index contributed by atoms with van der Waals surface area (Å²) in [5.41, 5.74) is 5.48. The van der Waals surface area contributed by atoms with Gasteiger partial charge in [-0.15, -0.1) is 0 Å². The molecule has 0 atom stereocenters. The first-order valence-corrected chi connectivity index (χ1v) is 10.5. The molecule has 3 aromatic rings. The number of sulfone groups is 1. The molecule has 1 amide bonds. The Morgan fingerprint density at radius 2 is 1.86 bits per heavy atom. The van der Waals surface area contributed by atoms with Crippen LogP contribution in [0.2, 0.25) is 0 Å². The van der Waals surface area contributed by atoms with E-state index in [0.717, 1.165) is 36.2 Å². The molecule has 0 unspecified atom stereocenters. The van der Waals surface area contributed by atoms with E-state index in [1.54, 1.807) is 18.2 Å². The monoisotopic (exact) mass is 436 g/mol. The predicted octanol–water partition coefficient (Wildman–Crippen LogP) is 2.90. The summed E-state index contributed by atoms with van der Waals surface area (Å²) in [6.07, 6.45) is 1.07. The molecule has 0 spiro atoms. The Morgan fingerprint density at radius 3 is 2.55 bits per heavy atom. The van der Waals surface area contributed by atoms with E-state index in [-0.39, 0.29) is 32.2 Å². The first-order chi connectivity index (χ1) is 13.8. The second-order valence-corrected chi connectivity index (χ2v) is 8.54. The Morgan fingerprint density at radius 1 is 1.14 bits per heavy atom. The number of benzene rings is 2. The number of nitrogen functional groups attached to an aromatic ring is 1. The number of nitrogens with one attached hydrogen (secondary N) is 1. The molecule has 3 N–H and O–H groups in total. The van der Waals surface area contributed by atoms with Crippen LogP contribution in [0.4, 0.5) is 20.3 Å². The van der Waals surface area contributed by atoms with Crippen molar-refractivity contribution in [3.05, 3.63) is 66.4 Å². The van der Waals surface area contributed by atoms with E-state index in [1.807, 2.05) is 0 Å². The third kappa shape index (κ3) is 4.87. The minimum absolute atomic E-state index is 0.0483. The van der Waals surface area contributed by atoms with E-state index in [1.165, 1.54) is 12.1 Å². The smallest absolute Gasteiger partial charge is 0.234 e. The van der Waals surface area contributed by atoms with Gasteiger partial charge in [0.05, 0.1) is 22.5 Å². The molecule has 0 saturated carbocycles. The summed E-state index contributed by atoms with van der Waals surface area (Å²) in [6.45, 7) is 0. The molecule has 0 aliphatic carbocycles. The highest BCUT2D eigenvalue weighted by molar-refractivity contribution is 7.99. The lowest BCUT2D eigenvalue weighted by Gasteiger charge is -2.08. The number of halogens is 2. The Kier molecular flexibility index (Phi) is 6.09. The van der Waals surface area contributed by atoms with Crippen LogP contribution in [0.25, 0.3) is 0 Å². The van der Waals surface area contributed by atoms with Crippen LogP contribution in [0, 0.1) is 11.6 Å². The number of rotatable bonds is 6. The largest absolute Gasteiger partial charge is 0.382 e. The fourth-order valence-electron chi connectivity index (χ4n) is 2.28. The van der Waals surface area contributed by atoms with Gasteiger partial charge in [-0.1, -0.05) is 30.0 Å². The molecule has 11 heteroatoms. The summed E-state index contributed by atoms with van der Waals surface area (Å²) in [6, 6.07) is 10.4. The van der Waals surface area contributed by atoms with Crippen LogP contribution in [-0.2, 0) is 14.6 Å². The number of nitrogens with zero attached hydrogens (tertiary/aromatic N) is 2. The second-order valence-electron chi connectivity index (χ2n) is 5.68. The first kappa shape index (κ1) is 20.7. The molecule has 1 heterocycles. The number of carbonyl (C=O) groups is 1. The summed E-state index contributed by atoms with van der Waals surface area (Å²) < 4.78 is 51.9. The zero-order valence-electron chi connectivity index (χ0n) is 14.7. The lowest BCUT2D eigenvalue weighted by Crippen LogP contribution is -2.16. The molecular formula is C18H14F2N4O3S2. The molecule has 0 fully saturated rings. The summed E-state index contributed by atoms with van der Waals surface area (Å²) in [7, 11) is -3.88. The van der Waals surface area contributed by atoms with Crippen LogP contribution in [0.3, 0.4) is 0 Å². The number of hydrogen-bond acceptors (Lipinski definition) is 7. The van der Waals surface area contributed by atoms with Crippen molar-refractivity contribution >= 4 is 39.0 Å². The molecule has 7 nitrogen and oxygen atoms in total. The van der Waals surface area contributed by atoms with E-state index >= 15 is 0 Å². The normalized spacial score (nSPS) is 11.2. The van der Waals surface area contributed by atoms with Crippen molar-refractivity contribution in [2.45, 2.75) is 14.9 Å². The molecule has 0 aliphatic rings. The Bertz CT molecular complexity index is 1160. The maximum Gasteiger partial charge on any atom is 0.234 e. The van der Waals surface area contributed by atoms with Gasteiger partial charge in [0.15, 0.2) is 5.16 Å². The number of amides is 1. The van der Waals surface area contributed by atoms with Gasteiger partial charge in [0.1, 0.15) is 22.3 Å². The molecule has 0 saturated heterocycles. The van der Waals surface area contributed by atoms with E-state index < -0.39 is 27.4 Å². The van der Waals surface area contributed by atoms with E-state index in [2.05, 4.69) is 15.3 Å². The van der Waals surface area contributed by atoms with Crippen molar-refractivity contribution in [3.63, 3.8) is 0 Å². The fourth-order valence-corrected chi connectivity index (χ4v) is 4.18. The second kappa shape index (κ2) is 8.53. The van der Waals surface area contributed by atoms with Gasteiger partial charge in [-0.2, -0.15) is 0 Å². The van der Waals surface area contributed by atoms with E-state index in [4.69, 9.17) is 5.73 Å². The zero-order valence-corrected chi connectivity index (χ0v) is 16.3. The molecular weight excluding hydrogens is 422 g/mol. The summed E-state index contributed by atoms with van der Waals surface area (Å²) in [4.78, 5) is 19.6. The van der Waals surface area contributed by atoms with Gasteiger partial charge in [0, 0.05) is 6.07 Å². The first-order valence-electron chi connectivity index (χ1n) is 8.08. The summed E-state index contributed by atoms with van der Waals surface area (Å²) in [5, 5.41) is 2.30. The molecule has 2 aromatic carbocycles. The maximum atomic E-state index is 13.6. The number of aromatic nitrogens is 2. The lowest BCUT2D eigenvalue weighted by atomic mass is 10.3. The quantitative estimate of drug-likeness (QED) is 0.451. The molecule has 3 rings (SSSR count). The maximum absolute atomic E-state index is 13.6. The predicted molar refractivity (Wildman–Crippen MR) is 104 cm³/mol. The number of carbonyl (C=O) groups excluding carboxylic acids is 1. The van der Waals surface area contributed by atoms with Gasteiger partial charge in [0.2, 0.25) is 15.7 Å². The van der Waals surface area contributed by atoms with Gasteiger partial charge < -0.3 is 11.1 Å². The molecule has 29 heavy (non-hydrogen) atoms. The van der Waals surface area contributed by atoms with Crippen molar-refractivity contribution < 1.29 is 22.0 Å². The third-order valence-corrected chi connectivity index (χ3v) is 6.29. The average molecular weight is 436 g/mol. The van der Waals surface area contributed by atoms with Crippen LogP contribution >= 0.6 is 11.8 Å². The molecule has 0 radical (unpaired) electrons. The number of nitrogens with two attached hydrogens (primary N) is 1. The Labute approximate surface area is 169 Å². The van der Waals surface area contributed by atoms with Gasteiger partial charge >= 0.3 is 0 Å². The molecule has 0 bridgehead atoms. The molecule has 0 aliphatic heterocycles. The van der Waals surface area contributed by atoms with Crippen molar-refractivity contribution in [2.75, 3.05) is 16.8 Å². The lowest BCUT2D eigenvalue weighted by molar-refractivity contribution is -0.113. The topological polar surface area (TPSA) is 115 Å². The molecule has 1 aromatic heterocycles. The minimum Gasteiger partial charge on any atom is -0.382 e. The van der Waals surface area contributed by atoms with Gasteiger partial charge in [-0.3, -0.25) is 4.79 Å². The van der Waals surface area contributed by atoms with Crippen molar-refractivity contribution in [3.8, 4) is 0 Å². The molecule has 150 valence electrons. The Balaban J connectivity index is 1.69. The average Bonchev–Trinajstić information content (AvgIpc) is 2.70. The highest BCUT2D eigenvalue weighted by Gasteiger charge is 2.22. The third-order valence-electron chi connectivity index (χ3n) is 3.64. The van der Waals surface area contributed by atoms with Gasteiger partial charge in [-0.25, -0.2) is 27.2 Å². The standard InChI is InChI=1S/C18H14F2N4O3S2/c19-11-6-7-13(20)14(8-11)23-16(25)10-28-18-22-9-15(17(21)24-18)29(26,27)12-4-2-1-3-5-12/h1-9H,10H2,(H,23,25)(H2,21,22,24). The van der Waals surface area contributed by atoms with Crippen molar-refractivity contribution in [1.82, 2.24) is 9.97 Å². The van der Waals surface area contributed by atoms with Gasteiger partial charge in [0.25, 0.3) is 0 Å². The van der Waals surface area contributed by atoms with E-state index in [0.29, 0.717) is 0 Å². The van der Waals surface area contributed by atoms with Crippen LogP contribution in [0.1, 0.15) is 0 Å². The van der Waals surface area contributed by atoms with E-state index in [9.17, 15) is 22.0 Å². The number of thioether (sulfide) groups is 1. The highest BCUT2D eigenvalue weighted by atomic mass is 32.2. The van der Waals surface area contributed by atoms with Crippen LogP contribution in [-0.4, -0.2) is 30.0 Å². The summed E-state index contributed by atoms with van der Waals surface area (Å²) >= 11 is 0.862. The highest BCUT2D eigenvalue weighted by Crippen LogP contribution is 2.26. The summed E-state index contributed by atoms with van der Waals surface area (Å²) in [5.74, 6) is -2.58. The zero-order chi connectivity index (χ0) is 21.0. The number of anilines is 2.